The summed E-state index contributed by atoms with van der Waals surface area (Å²) in [7, 11) is 0. The van der Waals surface area contributed by atoms with E-state index in [0.717, 1.165) is 29.7 Å². The molecular formula is C34H36F3N5O2S. The zero-order valence-electron chi connectivity index (χ0n) is 25.3. The Balaban J connectivity index is 1.16. The molecule has 1 aromatic heterocycles. The fourth-order valence-corrected chi connectivity index (χ4v) is 6.49. The van der Waals surface area contributed by atoms with Crippen LogP contribution in [0.1, 0.15) is 59.1 Å². The molecule has 3 aromatic carbocycles. The molecule has 4 aromatic rings. The number of alkyl halides is 3. The molecule has 0 aliphatic carbocycles. The quantitative estimate of drug-likeness (QED) is 0.141. The van der Waals surface area contributed by atoms with E-state index in [1.807, 2.05) is 78.2 Å². The van der Waals surface area contributed by atoms with Gasteiger partial charge in [-0.15, -0.1) is 10.2 Å². The zero-order valence-corrected chi connectivity index (χ0v) is 26.2. The maximum atomic E-state index is 13.5. The molecule has 0 radical (unpaired) electrons. The summed E-state index contributed by atoms with van der Waals surface area (Å²) in [6, 6.07) is 22.3. The third-order valence-corrected chi connectivity index (χ3v) is 8.99. The van der Waals surface area contributed by atoms with Crippen LogP contribution in [-0.4, -0.2) is 67.8 Å². The lowest BCUT2D eigenvalue weighted by molar-refractivity contribution is -0.137. The molecule has 45 heavy (non-hydrogen) atoms. The minimum Gasteiger partial charge on any atom is -0.339 e. The summed E-state index contributed by atoms with van der Waals surface area (Å²) in [6.45, 7) is 5.38. The number of unbranched alkanes of at least 4 members (excludes halogenated alkanes) is 1. The third-order valence-electron chi connectivity index (χ3n) is 7.97. The Hall–Kier alpha value is -4.12. The van der Waals surface area contributed by atoms with Gasteiger partial charge in [0.2, 0.25) is 5.91 Å². The summed E-state index contributed by atoms with van der Waals surface area (Å²) in [5.74, 6) is 1.24. The molecule has 7 nitrogen and oxygen atoms in total. The highest BCUT2D eigenvalue weighted by atomic mass is 32.2. The number of aryl methyl sites for hydroxylation is 1. The van der Waals surface area contributed by atoms with Crippen LogP contribution in [0.3, 0.4) is 0 Å². The minimum atomic E-state index is -4.47. The van der Waals surface area contributed by atoms with Crippen molar-refractivity contribution < 1.29 is 22.8 Å². The van der Waals surface area contributed by atoms with E-state index in [1.165, 1.54) is 17.8 Å². The second-order valence-electron chi connectivity index (χ2n) is 11.3. The summed E-state index contributed by atoms with van der Waals surface area (Å²) >= 11 is 1.42. The van der Waals surface area contributed by atoms with Crippen LogP contribution in [0.15, 0.2) is 84.0 Å². The van der Waals surface area contributed by atoms with E-state index in [1.54, 1.807) is 10.6 Å². The number of rotatable bonds is 10. The highest BCUT2D eigenvalue weighted by Crippen LogP contribution is 2.32. The highest BCUT2D eigenvalue weighted by Gasteiger charge is 2.32. The van der Waals surface area contributed by atoms with Crippen molar-refractivity contribution in [3.63, 3.8) is 0 Å². The number of thioether (sulfide) groups is 1. The number of hydrogen-bond donors (Lipinski definition) is 0. The number of carbonyl (C=O) groups excluding carboxylic acids is 2. The number of piperazine rings is 1. The van der Waals surface area contributed by atoms with Crippen molar-refractivity contribution in [1.82, 2.24) is 24.6 Å². The van der Waals surface area contributed by atoms with Gasteiger partial charge in [0.25, 0.3) is 5.91 Å². The van der Waals surface area contributed by atoms with Gasteiger partial charge in [-0.3, -0.25) is 14.2 Å². The van der Waals surface area contributed by atoms with E-state index in [4.69, 9.17) is 0 Å². The zero-order chi connectivity index (χ0) is 32.0. The van der Waals surface area contributed by atoms with E-state index in [9.17, 15) is 22.8 Å². The molecule has 0 spiro atoms. The number of carbonyl (C=O) groups is 2. The first-order valence-corrected chi connectivity index (χ1v) is 16.0. The SMILES string of the molecule is Cc1ccccc1C(=O)N1CCN(C(=O)CCCCSc2nnc(Cc3ccccc3)n2-c2cccc(C(F)(F)F)c2)CC1C. The maximum Gasteiger partial charge on any atom is 0.416 e. The van der Waals surface area contributed by atoms with Crippen LogP contribution in [0.4, 0.5) is 13.2 Å². The van der Waals surface area contributed by atoms with Gasteiger partial charge in [0.15, 0.2) is 5.16 Å². The molecule has 0 N–H and O–H groups in total. The molecule has 1 aliphatic heterocycles. The van der Waals surface area contributed by atoms with Gasteiger partial charge in [0.05, 0.1) is 11.3 Å². The molecule has 1 saturated heterocycles. The summed E-state index contributed by atoms with van der Waals surface area (Å²) in [6.07, 6.45) is -2.28. The third kappa shape index (κ3) is 7.94. The van der Waals surface area contributed by atoms with Gasteiger partial charge in [0, 0.05) is 49.8 Å². The van der Waals surface area contributed by atoms with Crippen molar-refractivity contribution >= 4 is 23.6 Å². The topological polar surface area (TPSA) is 71.3 Å². The molecule has 1 atom stereocenters. The number of halogens is 3. The molecular weight excluding hydrogens is 599 g/mol. The van der Waals surface area contributed by atoms with Crippen LogP contribution in [0.25, 0.3) is 5.69 Å². The predicted octanol–water partition coefficient (Wildman–Crippen LogP) is 6.82. The average Bonchev–Trinajstić information content (AvgIpc) is 3.42. The molecule has 0 bridgehead atoms. The number of amides is 2. The van der Waals surface area contributed by atoms with Crippen LogP contribution < -0.4 is 0 Å². The summed E-state index contributed by atoms with van der Waals surface area (Å²) in [5, 5.41) is 9.18. The largest absolute Gasteiger partial charge is 0.416 e. The standard InChI is InChI=1S/C34H36F3N5O2S/c1-24-11-6-7-16-29(24)32(44)41-19-18-40(23-25(41)2)31(43)17-8-9-20-45-33-39-38-30(21-26-12-4-3-5-13-26)42(33)28-15-10-14-27(22-28)34(35,36)37/h3-7,10-16,22,25H,8-9,17-21,23H2,1-2H3. The normalized spacial score (nSPS) is 15.4. The van der Waals surface area contributed by atoms with Gasteiger partial charge in [-0.05, 0) is 62.1 Å². The van der Waals surface area contributed by atoms with Crippen LogP contribution in [-0.2, 0) is 17.4 Å². The first-order chi connectivity index (χ1) is 21.6. The van der Waals surface area contributed by atoms with Gasteiger partial charge in [-0.1, -0.05) is 66.4 Å². The number of hydrogen-bond acceptors (Lipinski definition) is 5. The van der Waals surface area contributed by atoms with Gasteiger partial charge in [0.1, 0.15) is 5.82 Å². The lowest BCUT2D eigenvalue weighted by Crippen LogP contribution is -2.55. The fourth-order valence-electron chi connectivity index (χ4n) is 5.52. The van der Waals surface area contributed by atoms with E-state index >= 15 is 0 Å². The van der Waals surface area contributed by atoms with Gasteiger partial charge in [-0.2, -0.15) is 13.2 Å². The summed E-state index contributed by atoms with van der Waals surface area (Å²) in [4.78, 5) is 29.8. The Morgan fingerprint density at radius 1 is 0.933 bits per heavy atom. The number of nitrogens with zero attached hydrogens (tertiary/aromatic N) is 5. The molecule has 1 unspecified atom stereocenters. The molecule has 236 valence electrons. The highest BCUT2D eigenvalue weighted by molar-refractivity contribution is 7.99. The average molecular weight is 636 g/mol. The van der Waals surface area contributed by atoms with E-state index < -0.39 is 11.7 Å². The second kappa shape index (κ2) is 14.3. The first-order valence-electron chi connectivity index (χ1n) is 15.0. The van der Waals surface area contributed by atoms with Gasteiger partial charge >= 0.3 is 6.18 Å². The van der Waals surface area contributed by atoms with Crippen molar-refractivity contribution in [3.8, 4) is 5.69 Å². The van der Waals surface area contributed by atoms with E-state index in [-0.39, 0.29) is 17.9 Å². The second-order valence-corrected chi connectivity index (χ2v) is 12.3. The Bertz CT molecular complexity index is 1630. The van der Waals surface area contributed by atoms with Crippen LogP contribution in [0, 0.1) is 6.92 Å². The van der Waals surface area contributed by atoms with Gasteiger partial charge < -0.3 is 9.80 Å². The van der Waals surface area contributed by atoms with E-state index in [2.05, 4.69) is 10.2 Å². The van der Waals surface area contributed by atoms with Crippen LogP contribution in [0.5, 0.6) is 0 Å². The Kier molecular flexibility index (Phi) is 10.3. The van der Waals surface area contributed by atoms with Crippen molar-refractivity contribution in [2.24, 2.45) is 0 Å². The lowest BCUT2D eigenvalue weighted by atomic mass is 10.1. The smallest absolute Gasteiger partial charge is 0.339 e. The molecule has 0 saturated carbocycles. The number of benzene rings is 3. The molecule has 2 amide bonds. The fraction of sp³-hybridized carbons (Fsp3) is 0.353. The molecule has 1 aliphatic rings. The lowest BCUT2D eigenvalue weighted by Gasteiger charge is -2.40. The Morgan fingerprint density at radius 2 is 1.69 bits per heavy atom. The summed E-state index contributed by atoms with van der Waals surface area (Å²) < 4.78 is 42.2. The summed E-state index contributed by atoms with van der Waals surface area (Å²) in [5.41, 5.74) is 2.23. The van der Waals surface area contributed by atoms with Crippen molar-refractivity contribution in [2.45, 2.75) is 56.9 Å². The number of aromatic nitrogens is 3. The predicted molar refractivity (Wildman–Crippen MR) is 168 cm³/mol. The maximum absolute atomic E-state index is 13.5. The van der Waals surface area contributed by atoms with Crippen LogP contribution >= 0.6 is 11.8 Å². The van der Waals surface area contributed by atoms with Gasteiger partial charge in [-0.25, -0.2) is 0 Å². The molecule has 2 heterocycles. The Morgan fingerprint density at radius 3 is 2.42 bits per heavy atom. The minimum absolute atomic E-state index is 0.00497. The first kappa shape index (κ1) is 32.3. The van der Waals surface area contributed by atoms with Crippen LogP contribution in [0.2, 0.25) is 0 Å². The van der Waals surface area contributed by atoms with Crippen molar-refractivity contribution in [3.05, 3.63) is 107 Å². The monoisotopic (exact) mass is 635 g/mol. The van der Waals surface area contributed by atoms with E-state index in [0.29, 0.717) is 66.9 Å². The molecule has 1 fully saturated rings. The van der Waals surface area contributed by atoms with Crippen molar-refractivity contribution in [1.29, 1.82) is 0 Å². The molecule has 5 rings (SSSR count). The van der Waals surface area contributed by atoms with Crippen molar-refractivity contribution in [2.75, 3.05) is 25.4 Å². The molecule has 11 heteroatoms. The Labute approximate surface area is 265 Å².